The third-order valence-electron chi connectivity index (χ3n) is 5.06. The van der Waals surface area contributed by atoms with Crippen LogP contribution in [-0.4, -0.2) is 23.9 Å². The minimum atomic E-state index is -3.62. The first-order valence-electron chi connectivity index (χ1n) is 8.54. The van der Waals surface area contributed by atoms with Gasteiger partial charge in [-0.1, -0.05) is 29.4 Å². The predicted molar refractivity (Wildman–Crippen MR) is 90.1 cm³/mol. The first kappa shape index (κ1) is 15.8. The van der Waals surface area contributed by atoms with Gasteiger partial charge in [-0.05, 0) is 57.1 Å². The van der Waals surface area contributed by atoms with E-state index in [2.05, 4.69) is 17.3 Å². The molecule has 0 spiro atoms. The van der Waals surface area contributed by atoms with Crippen molar-refractivity contribution in [2.45, 2.75) is 62.9 Å². The summed E-state index contributed by atoms with van der Waals surface area (Å²) in [6.45, 7) is 3.37. The molecule has 4 rings (SSSR count). The highest BCUT2D eigenvalue weighted by Crippen LogP contribution is 2.44. The van der Waals surface area contributed by atoms with Gasteiger partial charge in [0.05, 0.1) is 6.04 Å². The summed E-state index contributed by atoms with van der Waals surface area (Å²) < 4.78 is 33.8. The van der Waals surface area contributed by atoms with Gasteiger partial charge in [0, 0.05) is 6.04 Å². The van der Waals surface area contributed by atoms with Crippen molar-refractivity contribution >= 4 is 10.0 Å². The molecular formula is C18H22N2O3S. The fraction of sp³-hybridized carbons (Fsp3) is 0.500. The average molecular weight is 346 g/mol. The van der Waals surface area contributed by atoms with Crippen LogP contribution in [0.4, 0.5) is 0 Å². The SMILES string of the molecule is Cc1noc(C)c1S(=O)(=O)N(C1CC1)C1CCCc2ccccc21. The van der Waals surface area contributed by atoms with E-state index < -0.39 is 10.0 Å². The Balaban J connectivity index is 1.82. The lowest BCUT2D eigenvalue weighted by atomic mass is 9.87. The van der Waals surface area contributed by atoms with Crippen LogP contribution in [0.2, 0.25) is 0 Å². The van der Waals surface area contributed by atoms with Crippen LogP contribution < -0.4 is 0 Å². The second-order valence-electron chi connectivity index (χ2n) is 6.83. The fourth-order valence-corrected chi connectivity index (χ4v) is 6.07. The normalized spacial score (nSPS) is 21.0. The molecule has 128 valence electrons. The van der Waals surface area contributed by atoms with E-state index in [4.69, 9.17) is 4.52 Å². The molecule has 1 saturated carbocycles. The van der Waals surface area contributed by atoms with Crippen LogP contribution in [0.25, 0.3) is 0 Å². The molecule has 0 amide bonds. The zero-order valence-electron chi connectivity index (χ0n) is 14.0. The summed E-state index contributed by atoms with van der Waals surface area (Å²) >= 11 is 0. The van der Waals surface area contributed by atoms with E-state index in [1.807, 2.05) is 12.1 Å². The van der Waals surface area contributed by atoms with Crippen LogP contribution in [0.15, 0.2) is 33.7 Å². The van der Waals surface area contributed by atoms with Crippen LogP contribution in [0, 0.1) is 13.8 Å². The minimum Gasteiger partial charge on any atom is -0.360 e. The average Bonchev–Trinajstić information content (AvgIpc) is 3.31. The van der Waals surface area contributed by atoms with Crippen molar-refractivity contribution in [3.63, 3.8) is 0 Å². The Kier molecular flexibility index (Phi) is 3.77. The third kappa shape index (κ3) is 2.48. The molecule has 1 atom stereocenters. The molecule has 0 radical (unpaired) electrons. The quantitative estimate of drug-likeness (QED) is 0.850. The van der Waals surface area contributed by atoms with Gasteiger partial charge >= 0.3 is 0 Å². The largest absolute Gasteiger partial charge is 0.360 e. The zero-order valence-corrected chi connectivity index (χ0v) is 14.8. The number of aromatic nitrogens is 1. The molecule has 0 bridgehead atoms. The van der Waals surface area contributed by atoms with Crippen molar-refractivity contribution in [3.05, 3.63) is 46.8 Å². The van der Waals surface area contributed by atoms with Crippen molar-refractivity contribution in [1.82, 2.24) is 9.46 Å². The van der Waals surface area contributed by atoms with Gasteiger partial charge in [-0.2, -0.15) is 4.31 Å². The first-order valence-corrected chi connectivity index (χ1v) is 9.98. The summed E-state index contributed by atoms with van der Waals surface area (Å²) in [5.74, 6) is 0.377. The van der Waals surface area contributed by atoms with Gasteiger partial charge in [0.25, 0.3) is 0 Å². The van der Waals surface area contributed by atoms with Crippen molar-refractivity contribution in [2.24, 2.45) is 0 Å². The highest BCUT2D eigenvalue weighted by molar-refractivity contribution is 7.89. The molecule has 24 heavy (non-hydrogen) atoms. The third-order valence-corrected chi connectivity index (χ3v) is 7.26. The molecule has 0 N–H and O–H groups in total. The number of rotatable bonds is 4. The molecular weight excluding hydrogens is 324 g/mol. The van der Waals surface area contributed by atoms with Gasteiger partial charge in [-0.25, -0.2) is 8.42 Å². The summed E-state index contributed by atoms with van der Waals surface area (Å²) in [7, 11) is -3.62. The molecule has 1 aromatic heterocycles. The van der Waals surface area contributed by atoms with Crippen molar-refractivity contribution in [1.29, 1.82) is 0 Å². The number of sulfonamides is 1. The standard InChI is InChI=1S/C18H22N2O3S/c1-12-18(13(2)23-19-12)24(21,22)20(15-10-11-15)17-9-5-7-14-6-3-4-8-16(14)17/h3-4,6,8,15,17H,5,7,9-11H2,1-2H3. The number of fused-ring (bicyclic) bond motifs is 1. The molecule has 1 aromatic carbocycles. The Morgan fingerprint density at radius 2 is 1.92 bits per heavy atom. The van der Waals surface area contributed by atoms with Crippen LogP contribution in [0.3, 0.4) is 0 Å². The highest BCUT2D eigenvalue weighted by Gasteiger charge is 2.45. The Morgan fingerprint density at radius 1 is 1.17 bits per heavy atom. The van der Waals surface area contributed by atoms with Crippen molar-refractivity contribution in [2.75, 3.05) is 0 Å². The minimum absolute atomic E-state index is 0.0823. The monoisotopic (exact) mass is 346 g/mol. The molecule has 0 aliphatic heterocycles. The number of hydrogen-bond acceptors (Lipinski definition) is 4. The van der Waals surface area contributed by atoms with E-state index in [1.165, 1.54) is 5.56 Å². The van der Waals surface area contributed by atoms with Crippen molar-refractivity contribution < 1.29 is 12.9 Å². The number of nitrogens with zero attached hydrogens (tertiary/aromatic N) is 2. The Labute approximate surface area is 142 Å². The van der Waals surface area contributed by atoms with Gasteiger partial charge in [-0.3, -0.25) is 0 Å². The van der Waals surface area contributed by atoms with E-state index in [0.717, 1.165) is 37.7 Å². The molecule has 1 fully saturated rings. The maximum atomic E-state index is 13.5. The van der Waals surface area contributed by atoms with Crippen LogP contribution in [-0.2, 0) is 16.4 Å². The van der Waals surface area contributed by atoms with Gasteiger partial charge < -0.3 is 4.52 Å². The van der Waals surface area contributed by atoms with E-state index >= 15 is 0 Å². The first-order chi connectivity index (χ1) is 11.5. The van der Waals surface area contributed by atoms with Gasteiger partial charge in [0.2, 0.25) is 10.0 Å². The maximum absolute atomic E-state index is 13.5. The smallest absolute Gasteiger partial charge is 0.249 e. The highest BCUT2D eigenvalue weighted by atomic mass is 32.2. The molecule has 2 aliphatic carbocycles. The number of aryl methyl sites for hydroxylation is 3. The van der Waals surface area contributed by atoms with Crippen molar-refractivity contribution in [3.8, 4) is 0 Å². The summed E-state index contributed by atoms with van der Waals surface area (Å²) in [5, 5.41) is 3.85. The van der Waals surface area contributed by atoms with E-state index in [1.54, 1.807) is 18.2 Å². The molecule has 1 heterocycles. The van der Waals surface area contributed by atoms with E-state index in [0.29, 0.717) is 11.5 Å². The summed E-state index contributed by atoms with van der Waals surface area (Å²) in [6.07, 6.45) is 4.78. The summed E-state index contributed by atoms with van der Waals surface area (Å²) in [5.41, 5.74) is 2.88. The maximum Gasteiger partial charge on any atom is 0.249 e. The lowest BCUT2D eigenvalue weighted by molar-refractivity contribution is 0.285. The lowest BCUT2D eigenvalue weighted by Gasteiger charge is -2.35. The van der Waals surface area contributed by atoms with Crippen LogP contribution >= 0.6 is 0 Å². The number of hydrogen-bond donors (Lipinski definition) is 0. The van der Waals surface area contributed by atoms with Crippen LogP contribution in [0.5, 0.6) is 0 Å². The second-order valence-corrected chi connectivity index (χ2v) is 8.61. The van der Waals surface area contributed by atoms with E-state index in [9.17, 15) is 8.42 Å². The van der Waals surface area contributed by atoms with Gasteiger partial charge in [0.1, 0.15) is 10.6 Å². The van der Waals surface area contributed by atoms with Crippen LogP contribution in [0.1, 0.15) is 54.3 Å². The zero-order chi connectivity index (χ0) is 16.9. The summed E-state index contributed by atoms with van der Waals surface area (Å²) in [6, 6.07) is 8.25. The second kappa shape index (κ2) is 5.70. The van der Waals surface area contributed by atoms with E-state index in [-0.39, 0.29) is 17.0 Å². The topological polar surface area (TPSA) is 63.4 Å². The Morgan fingerprint density at radius 3 is 2.58 bits per heavy atom. The fourth-order valence-electron chi connectivity index (χ4n) is 3.89. The molecule has 2 aliphatic rings. The Hall–Kier alpha value is -1.66. The number of benzene rings is 1. The lowest BCUT2D eigenvalue weighted by Crippen LogP contribution is -2.38. The molecule has 1 unspecified atom stereocenters. The summed E-state index contributed by atoms with van der Waals surface area (Å²) in [4.78, 5) is 0.248. The molecule has 5 nitrogen and oxygen atoms in total. The molecule has 2 aromatic rings. The Bertz CT molecular complexity index is 849. The molecule has 0 saturated heterocycles. The van der Waals surface area contributed by atoms with Gasteiger partial charge in [0.15, 0.2) is 5.76 Å². The molecule has 6 heteroatoms. The predicted octanol–water partition coefficient (Wildman–Crippen LogP) is 3.52. The van der Waals surface area contributed by atoms with Gasteiger partial charge in [-0.15, -0.1) is 0 Å².